The Morgan fingerprint density at radius 3 is 2.64 bits per heavy atom. The summed E-state index contributed by atoms with van der Waals surface area (Å²) in [5.41, 5.74) is 1.79. The van der Waals surface area contributed by atoms with Crippen LogP contribution in [0.4, 0.5) is 17.6 Å². The molecule has 0 bridgehead atoms. The normalized spacial score (nSPS) is 17.9. The van der Waals surface area contributed by atoms with Gasteiger partial charge in [0.25, 0.3) is 16.0 Å². The van der Waals surface area contributed by atoms with Crippen molar-refractivity contribution >= 4 is 33.3 Å². The monoisotopic (exact) mass is 446 g/mol. The molecule has 0 aromatic heterocycles. The summed E-state index contributed by atoms with van der Waals surface area (Å²) in [6.07, 6.45) is -1.31. The van der Waals surface area contributed by atoms with Gasteiger partial charge in [0.2, 0.25) is 5.91 Å². The summed E-state index contributed by atoms with van der Waals surface area (Å²) in [5.74, 6) is -9.36. The third kappa shape index (κ3) is 5.55. The summed E-state index contributed by atoms with van der Waals surface area (Å²) >= 11 is 5.71. The van der Waals surface area contributed by atoms with Crippen LogP contribution >= 0.6 is 11.6 Å². The van der Waals surface area contributed by atoms with Crippen LogP contribution in [0.2, 0.25) is 5.02 Å². The predicted octanol–water partition coefficient (Wildman–Crippen LogP) is 2.77. The summed E-state index contributed by atoms with van der Waals surface area (Å²) in [6.45, 7) is 0.0638. The lowest BCUT2D eigenvalue weighted by Crippen LogP contribution is -2.32. The SMILES string of the molecule is CC1CC(=O)NN=C1c1cc(F)c(OCC(F)(F)CCS(=O)(=O)O)c(Cl)c1F. The van der Waals surface area contributed by atoms with Crippen LogP contribution in [-0.4, -0.2) is 42.9 Å². The van der Waals surface area contributed by atoms with E-state index in [9.17, 15) is 30.8 Å². The molecule has 7 nitrogen and oxygen atoms in total. The van der Waals surface area contributed by atoms with Gasteiger partial charge in [0.05, 0.1) is 11.5 Å². The standard InChI is InChI=1S/C15H15ClF4N2O5S/c1-7-4-10(23)21-22-13(7)8-5-9(17)14(11(16)12(8)18)27-6-15(19,20)2-3-28(24,25)26/h5,7H,2-4,6H2,1H3,(H,21,23)(H,24,25,26). The lowest BCUT2D eigenvalue weighted by molar-refractivity contribution is -0.121. The highest BCUT2D eigenvalue weighted by atomic mass is 35.5. The van der Waals surface area contributed by atoms with Gasteiger partial charge < -0.3 is 4.74 Å². The number of ether oxygens (including phenoxy) is 1. The van der Waals surface area contributed by atoms with Crippen LogP contribution in [-0.2, 0) is 14.9 Å². The van der Waals surface area contributed by atoms with Crippen LogP contribution in [0.15, 0.2) is 11.2 Å². The molecule has 0 aliphatic carbocycles. The summed E-state index contributed by atoms with van der Waals surface area (Å²) < 4.78 is 90.3. The second-order valence-electron chi connectivity index (χ2n) is 6.18. The number of benzene rings is 1. The first-order valence-electron chi connectivity index (χ1n) is 7.81. The zero-order chi connectivity index (χ0) is 21.3. The minimum Gasteiger partial charge on any atom is -0.483 e. The van der Waals surface area contributed by atoms with Crippen molar-refractivity contribution in [1.29, 1.82) is 0 Å². The zero-order valence-electron chi connectivity index (χ0n) is 14.3. The highest BCUT2D eigenvalue weighted by Crippen LogP contribution is 2.35. The highest BCUT2D eigenvalue weighted by Gasteiger charge is 2.34. The first-order valence-corrected chi connectivity index (χ1v) is 9.79. The number of amides is 1. The van der Waals surface area contributed by atoms with Crippen molar-refractivity contribution in [3.8, 4) is 5.75 Å². The van der Waals surface area contributed by atoms with Crippen LogP contribution in [0.5, 0.6) is 5.75 Å². The smallest absolute Gasteiger partial charge is 0.282 e. The Kier molecular flexibility index (Phi) is 6.56. The van der Waals surface area contributed by atoms with Crippen LogP contribution in [0.25, 0.3) is 0 Å². The fourth-order valence-corrected chi connectivity index (χ4v) is 3.21. The number of nitrogens with one attached hydrogen (secondary N) is 1. The Balaban J connectivity index is 2.24. The summed E-state index contributed by atoms with van der Waals surface area (Å²) in [6, 6.07) is 0.652. The maximum atomic E-state index is 14.5. The number of hydrazone groups is 1. The molecule has 0 spiro atoms. The van der Waals surface area contributed by atoms with Crippen molar-refractivity contribution in [2.75, 3.05) is 12.4 Å². The minimum atomic E-state index is -4.63. The molecule has 1 aliphatic heterocycles. The molecule has 0 saturated heterocycles. The highest BCUT2D eigenvalue weighted by molar-refractivity contribution is 7.85. The average Bonchev–Trinajstić information content (AvgIpc) is 2.56. The molecule has 1 atom stereocenters. The average molecular weight is 447 g/mol. The summed E-state index contributed by atoms with van der Waals surface area (Å²) in [4.78, 5) is 11.3. The Bertz CT molecular complexity index is 923. The van der Waals surface area contributed by atoms with E-state index in [-0.39, 0.29) is 17.7 Å². The molecule has 2 N–H and O–H groups in total. The lowest BCUT2D eigenvalue weighted by atomic mass is 9.93. The fourth-order valence-electron chi connectivity index (χ4n) is 2.40. The molecule has 13 heteroatoms. The number of hydrogen-bond donors (Lipinski definition) is 2. The molecule has 1 amide bonds. The topological polar surface area (TPSA) is 105 Å². The Morgan fingerprint density at radius 1 is 1.43 bits per heavy atom. The Labute approximate surface area is 162 Å². The molecule has 28 heavy (non-hydrogen) atoms. The lowest BCUT2D eigenvalue weighted by Gasteiger charge is -2.21. The molecule has 1 aliphatic rings. The fraction of sp³-hybridized carbons (Fsp3) is 0.467. The number of hydrogen-bond acceptors (Lipinski definition) is 5. The molecule has 0 saturated carbocycles. The van der Waals surface area contributed by atoms with Crippen LogP contribution in [0.3, 0.4) is 0 Å². The first kappa shape index (κ1) is 22.4. The van der Waals surface area contributed by atoms with Crippen molar-refractivity contribution < 1.29 is 40.1 Å². The van der Waals surface area contributed by atoms with E-state index < -0.39 is 69.1 Å². The van der Waals surface area contributed by atoms with Gasteiger partial charge in [0.15, 0.2) is 24.0 Å². The number of nitrogens with zero attached hydrogens (tertiary/aromatic N) is 1. The first-order chi connectivity index (χ1) is 12.8. The van der Waals surface area contributed by atoms with E-state index in [2.05, 4.69) is 15.3 Å². The number of carbonyl (C=O) groups is 1. The quantitative estimate of drug-likeness (QED) is 0.380. The second kappa shape index (κ2) is 8.21. The Hall–Kier alpha value is -1.92. The van der Waals surface area contributed by atoms with Crippen molar-refractivity contribution in [3.05, 3.63) is 28.3 Å². The van der Waals surface area contributed by atoms with E-state index in [1.807, 2.05) is 0 Å². The van der Waals surface area contributed by atoms with E-state index in [0.717, 1.165) is 0 Å². The number of carbonyl (C=O) groups excluding carboxylic acids is 1. The number of alkyl halides is 2. The largest absolute Gasteiger partial charge is 0.483 e. The molecule has 1 unspecified atom stereocenters. The molecule has 1 heterocycles. The number of halogens is 5. The van der Waals surface area contributed by atoms with Crippen LogP contribution in [0.1, 0.15) is 25.3 Å². The molecule has 1 aromatic carbocycles. The summed E-state index contributed by atoms with van der Waals surface area (Å²) in [5, 5.41) is 2.77. The molecule has 0 fully saturated rings. The minimum absolute atomic E-state index is 0.0166. The van der Waals surface area contributed by atoms with E-state index in [1.165, 1.54) is 0 Å². The van der Waals surface area contributed by atoms with Crippen molar-refractivity contribution in [3.63, 3.8) is 0 Å². The van der Waals surface area contributed by atoms with E-state index in [1.54, 1.807) is 6.92 Å². The van der Waals surface area contributed by atoms with Gasteiger partial charge in [-0.25, -0.2) is 23.0 Å². The van der Waals surface area contributed by atoms with Gasteiger partial charge >= 0.3 is 0 Å². The van der Waals surface area contributed by atoms with Gasteiger partial charge in [-0.15, -0.1) is 0 Å². The third-order valence-electron chi connectivity index (χ3n) is 3.81. The van der Waals surface area contributed by atoms with Crippen molar-refractivity contribution in [1.82, 2.24) is 5.43 Å². The van der Waals surface area contributed by atoms with E-state index in [4.69, 9.17) is 16.2 Å². The van der Waals surface area contributed by atoms with Gasteiger partial charge in [-0.1, -0.05) is 18.5 Å². The van der Waals surface area contributed by atoms with Gasteiger partial charge in [-0.3, -0.25) is 9.35 Å². The van der Waals surface area contributed by atoms with Crippen molar-refractivity contribution in [2.45, 2.75) is 25.7 Å². The van der Waals surface area contributed by atoms with Crippen LogP contribution < -0.4 is 10.2 Å². The van der Waals surface area contributed by atoms with Gasteiger partial charge in [0.1, 0.15) is 5.02 Å². The molecule has 2 rings (SSSR count). The molecule has 1 aromatic rings. The molecule has 156 valence electrons. The van der Waals surface area contributed by atoms with Crippen molar-refractivity contribution in [2.24, 2.45) is 11.0 Å². The molecular weight excluding hydrogens is 432 g/mol. The number of rotatable bonds is 7. The molecular formula is C15H15ClF4N2O5S. The second-order valence-corrected chi connectivity index (χ2v) is 8.13. The Morgan fingerprint density at radius 2 is 2.07 bits per heavy atom. The third-order valence-corrected chi connectivity index (χ3v) is 4.86. The van der Waals surface area contributed by atoms with E-state index >= 15 is 0 Å². The predicted molar refractivity (Wildman–Crippen MR) is 91.3 cm³/mol. The maximum Gasteiger partial charge on any atom is 0.282 e. The van der Waals surface area contributed by atoms with E-state index in [0.29, 0.717) is 6.07 Å². The molecule has 0 radical (unpaired) electrons. The van der Waals surface area contributed by atoms with Gasteiger partial charge in [-0.05, 0) is 6.07 Å². The zero-order valence-corrected chi connectivity index (χ0v) is 15.9. The van der Waals surface area contributed by atoms with Gasteiger partial charge in [0, 0.05) is 24.3 Å². The van der Waals surface area contributed by atoms with Crippen LogP contribution in [0, 0.1) is 17.6 Å². The summed E-state index contributed by atoms with van der Waals surface area (Å²) in [7, 11) is -4.63. The maximum absolute atomic E-state index is 14.5. The van der Waals surface area contributed by atoms with Gasteiger partial charge in [-0.2, -0.15) is 13.5 Å².